The Morgan fingerprint density at radius 1 is 1.19 bits per heavy atom. The highest BCUT2D eigenvalue weighted by Gasteiger charge is 2.34. The molecule has 0 bridgehead atoms. The molecule has 1 saturated heterocycles. The number of para-hydroxylation sites is 1. The Balaban J connectivity index is 1.61. The fraction of sp³-hybridized carbons (Fsp3) is 0.467. The van der Waals surface area contributed by atoms with Gasteiger partial charge in [-0.25, -0.2) is 0 Å². The molecule has 0 aliphatic carbocycles. The number of aliphatic hydroxyl groups is 1. The average Bonchev–Trinajstić information content (AvgIpc) is 3.14. The molecule has 1 N–H and O–H groups in total. The van der Waals surface area contributed by atoms with Crippen LogP contribution < -0.4 is 4.74 Å². The molecule has 0 amide bonds. The Bertz CT molecular complexity index is 642. The zero-order valence-electron chi connectivity index (χ0n) is 11.4. The molecule has 6 heteroatoms. The fourth-order valence-electron chi connectivity index (χ4n) is 2.88. The van der Waals surface area contributed by atoms with Crippen LogP contribution in [0.2, 0.25) is 0 Å². The Kier molecular flexibility index (Phi) is 3.12. The van der Waals surface area contributed by atoms with Crippen molar-refractivity contribution in [3.05, 3.63) is 41.5 Å². The van der Waals surface area contributed by atoms with E-state index in [-0.39, 0.29) is 11.8 Å². The lowest BCUT2D eigenvalue weighted by molar-refractivity contribution is -0.0149. The minimum atomic E-state index is -0.487. The van der Waals surface area contributed by atoms with Gasteiger partial charge in [0.05, 0.1) is 24.5 Å². The summed E-state index contributed by atoms with van der Waals surface area (Å²) in [5.74, 6) is 1.67. The Hall–Kier alpha value is -1.92. The van der Waals surface area contributed by atoms with Crippen LogP contribution in [0.3, 0.4) is 0 Å². The summed E-state index contributed by atoms with van der Waals surface area (Å²) in [6.07, 6.45) is 0.108. The van der Waals surface area contributed by atoms with E-state index in [1.54, 1.807) is 0 Å². The van der Waals surface area contributed by atoms with E-state index >= 15 is 0 Å². The van der Waals surface area contributed by atoms with Crippen molar-refractivity contribution in [2.45, 2.75) is 24.4 Å². The van der Waals surface area contributed by atoms with Crippen LogP contribution >= 0.6 is 0 Å². The number of nitrogens with zero attached hydrogens (tertiary/aromatic N) is 2. The van der Waals surface area contributed by atoms with Crippen molar-refractivity contribution in [1.82, 2.24) is 10.1 Å². The van der Waals surface area contributed by atoms with E-state index in [1.807, 2.05) is 24.3 Å². The van der Waals surface area contributed by atoms with Gasteiger partial charge in [0.15, 0.2) is 5.82 Å². The number of ether oxygens (including phenoxy) is 2. The van der Waals surface area contributed by atoms with Crippen molar-refractivity contribution in [3.8, 4) is 5.75 Å². The first-order valence-electron chi connectivity index (χ1n) is 7.14. The van der Waals surface area contributed by atoms with E-state index in [0.717, 1.165) is 11.3 Å². The largest absolute Gasteiger partial charge is 0.492 e. The van der Waals surface area contributed by atoms with E-state index in [1.165, 1.54) is 0 Å². The fourth-order valence-corrected chi connectivity index (χ4v) is 2.88. The van der Waals surface area contributed by atoms with Crippen LogP contribution in [0.25, 0.3) is 0 Å². The predicted molar refractivity (Wildman–Crippen MR) is 72.3 cm³/mol. The highest BCUT2D eigenvalue weighted by atomic mass is 16.5. The van der Waals surface area contributed by atoms with Crippen LogP contribution in [0.4, 0.5) is 0 Å². The van der Waals surface area contributed by atoms with E-state index < -0.39 is 6.10 Å². The van der Waals surface area contributed by atoms with Gasteiger partial charge in [-0.15, -0.1) is 0 Å². The lowest BCUT2D eigenvalue weighted by Gasteiger charge is -2.24. The molecule has 0 spiro atoms. The summed E-state index contributed by atoms with van der Waals surface area (Å²) in [4.78, 5) is 4.47. The Morgan fingerprint density at radius 3 is 3.00 bits per heavy atom. The van der Waals surface area contributed by atoms with Crippen molar-refractivity contribution in [1.29, 1.82) is 0 Å². The number of fused-ring (bicyclic) bond motifs is 1. The second-order valence-corrected chi connectivity index (χ2v) is 5.43. The molecule has 1 aromatic heterocycles. The summed E-state index contributed by atoms with van der Waals surface area (Å²) < 4.78 is 16.4. The Labute approximate surface area is 121 Å². The summed E-state index contributed by atoms with van der Waals surface area (Å²) >= 11 is 0. The van der Waals surface area contributed by atoms with Gasteiger partial charge in [0.1, 0.15) is 12.4 Å². The van der Waals surface area contributed by atoms with Gasteiger partial charge in [0.25, 0.3) is 0 Å². The zero-order valence-corrected chi connectivity index (χ0v) is 11.4. The van der Waals surface area contributed by atoms with Gasteiger partial charge in [-0.2, -0.15) is 4.98 Å². The first kappa shape index (κ1) is 12.8. The van der Waals surface area contributed by atoms with Crippen molar-refractivity contribution in [3.63, 3.8) is 0 Å². The van der Waals surface area contributed by atoms with Gasteiger partial charge < -0.3 is 19.1 Å². The van der Waals surface area contributed by atoms with E-state index in [4.69, 9.17) is 14.0 Å². The smallest absolute Gasteiger partial charge is 0.234 e. The summed E-state index contributed by atoms with van der Waals surface area (Å²) in [7, 11) is 0. The number of aromatic nitrogens is 2. The summed E-state index contributed by atoms with van der Waals surface area (Å²) in [5, 5.41) is 14.1. The summed E-state index contributed by atoms with van der Waals surface area (Å²) in [6, 6.07) is 7.87. The maximum Gasteiger partial charge on any atom is 0.234 e. The van der Waals surface area contributed by atoms with Crippen molar-refractivity contribution in [2.75, 3.05) is 19.8 Å². The molecule has 1 aromatic carbocycles. The molecular weight excluding hydrogens is 272 g/mol. The first-order chi connectivity index (χ1) is 10.3. The molecule has 4 rings (SSSR count). The minimum Gasteiger partial charge on any atom is -0.492 e. The van der Waals surface area contributed by atoms with E-state index in [2.05, 4.69) is 10.1 Å². The standard InChI is InChI=1S/C15H16N2O4/c18-12-5-6-19-7-11(12)15-16-14(17-21-15)10-8-20-13-4-2-1-3-9(10)13/h1-4,10-12,18H,5-8H2. The van der Waals surface area contributed by atoms with Gasteiger partial charge in [0, 0.05) is 12.2 Å². The number of hydrogen-bond acceptors (Lipinski definition) is 6. The minimum absolute atomic E-state index is 0.0136. The number of rotatable bonds is 2. The normalized spacial score (nSPS) is 28.1. The van der Waals surface area contributed by atoms with Crippen LogP contribution in [-0.2, 0) is 4.74 Å². The molecule has 1 fully saturated rings. The number of aliphatic hydroxyl groups excluding tert-OH is 1. The quantitative estimate of drug-likeness (QED) is 0.901. The number of hydrogen-bond donors (Lipinski definition) is 1. The molecule has 3 unspecified atom stereocenters. The second kappa shape index (κ2) is 5.13. The molecule has 0 saturated carbocycles. The van der Waals surface area contributed by atoms with Gasteiger partial charge >= 0.3 is 0 Å². The molecule has 2 aliphatic heterocycles. The van der Waals surface area contributed by atoms with Crippen LogP contribution in [0.15, 0.2) is 28.8 Å². The van der Waals surface area contributed by atoms with Gasteiger partial charge in [-0.05, 0) is 12.5 Å². The molecule has 6 nitrogen and oxygen atoms in total. The monoisotopic (exact) mass is 288 g/mol. The summed E-state index contributed by atoms with van der Waals surface area (Å²) in [5.41, 5.74) is 1.07. The van der Waals surface area contributed by atoms with Crippen molar-refractivity contribution < 1.29 is 19.1 Å². The number of benzene rings is 1. The highest BCUT2D eigenvalue weighted by Crippen LogP contribution is 2.37. The third kappa shape index (κ3) is 2.20. The predicted octanol–water partition coefficient (Wildman–Crippen LogP) is 1.46. The zero-order chi connectivity index (χ0) is 14.2. The topological polar surface area (TPSA) is 77.6 Å². The van der Waals surface area contributed by atoms with Gasteiger partial charge in [-0.3, -0.25) is 0 Å². The maximum atomic E-state index is 10.0. The third-order valence-electron chi connectivity index (χ3n) is 4.11. The molecule has 3 heterocycles. The molecule has 2 aromatic rings. The van der Waals surface area contributed by atoms with Crippen molar-refractivity contribution in [2.24, 2.45) is 0 Å². The van der Waals surface area contributed by atoms with Crippen LogP contribution in [0.1, 0.15) is 35.5 Å². The molecule has 21 heavy (non-hydrogen) atoms. The van der Waals surface area contributed by atoms with Crippen LogP contribution in [0, 0.1) is 0 Å². The van der Waals surface area contributed by atoms with Crippen LogP contribution in [-0.4, -0.2) is 41.2 Å². The van der Waals surface area contributed by atoms with E-state index in [9.17, 15) is 5.11 Å². The van der Waals surface area contributed by atoms with Crippen LogP contribution in [0.5, 0.6) is 5.75 Å². The molecular formula is C15H16N2O4. The highest BCUT2D eigenvalue weighted by molar-refractivity contribution is 5.42. The average molecular weight is 288 g/mol. The Morgan fingerprint density at radius 2 is 2.10 bits per heavy atom. The summed E-state index contributed by atoms with van der Waals surface area (Å²) in [6.45, 7) is 1.51. The molecule has 2 aliphatic rings. The van der Waals surface area contributed by atoms with Gasteiger partial charge in [-0.1, -0.05) is 23.4 Å². The first-order valence-corrected chi connectivity index (χ1v) is 7.14. The van der Waals surface area contributed by atoms with E-state index in [0.29, 0.717) is 38.0 Å². The molecule has 110 valence electrons. The molecule has 0 radical (unpaired) electrons. The molecule has 3 atom stereocenters. The second-order valence-electron chi connectivity index (χ2n) is 5.43. The maximum absolute atomic E-state index is 10.0. The van der Waals surface area contributed by atoms with Gasteiger partial charge in [0.2, 0.25) is 5.89 Å². The lowest BCUT2D eigenvalue weighted by Crippen LogP contribution is -2.30. The van der Waals surface area contributed by atoms with Crippen molar-refractivity contribution >= 4 is 0 Å². The SMILES string of the molecule is OC1CCOCC1c1nc(C2COc3ccccc32)no1. The third-order valence-corrected chi connectivity index (χ3v) is 4.11. The lowest BCUT2D eigenvalue weighted by atomic mass is 9.98.